The van der Waals surface area contributed by atoms with Gasteiger partial charge in [-0.2, -0.15) is 0 Å². The number of hydrogen-bond donors (Lipinski definition) is 1. The molecule has 0 amide bonds. The van der Waals surface area contributed by atoms with Gasteiger partial charge < -0.3 is 10.1 Å². The number of anilines is 1. The van der Waals surface area contributed by atoms with Gasteiger partial charge in [0, 0.05) is 11.4 Å². The second-order valence-corrected chi connectivity index (χ2v) is 6.18. The van der Waals surface area contributed by atoms with Crippen molar-refractivity contribution in [1.29, 1.82) is 0 Å². The summed E-state index contributed by atoms with van der Waals surface area (Å²) in [5.74, 6) is 0.707. The molecule has 8 heteroatoms. The van der Waals surface area contributed by atoms with E-state index in [-0.39, 0.29) is 16.3 Å². The lowest BCUT2D eigenvalue weighted by Gasteiger charge is -2.18. The zero-order chi connectivity index (χ0) is 14.8. The minimum absolute atomic E-state index is 0.231. The molecule has 2 rings (SSSR count). The molecule has 3 nitrogen and oxygen atoms in total. The number of alkyl halides is 3. The molecular weight excluding hydrogens is 357 g/mol. The van der Waals surface area contributed by atoms with Crippen LogP contribution in [0.4, 0.5) is 18.9 Å². The summed E-state index contributed by atoms with van der Waals surface area (Å²) in [5, 5.41) is 3.87. The lowest BCUT2D eigenvalue weighted by molar-refractivity contribution is -0.274. The molecule has 0 saturated carbocycles. The molecule has 110 valence electrons. The summed E-state index contributed by atoms with van der Waals surface area (Å²) in [4.78, 5) is 4.43. The smallest absolute Gasteiger partial charge is 0.405 e. The Morgan fingerprint density at radius 1 is 1.45 bits per heavy atom. The fraction of sp³-hybridized carbons (Fsp3) is 0.417. The highest BCUT2D eigenvalue weighted by Gasteiger charge is 2.31. The molecule has 0 saturated heterocycles. The van der Waals surface area contributed by atoms with Gasteiger partial charge in [-0.25, -0.2) is 0 Å². The first-order valence-corrected chi connectivity index (χ1v) is 7.64. The van der Waals surface area contributed by atoms with Gasteiger partial charge in [-0.15, -0.1) is 13.2 Å². The average molecular weight is 369 g/mol. The van der Waals surface area contributed by atoms with Crippen molar-refractivity contribution in [2.45, 2.75) is 25.7 Å². The van der Waals surface area contributed by atoms with Crippen molar-refractivity contribution in [1.82, 2.24) is 0 Å². The maximum atomic E-state index is 12.2. The van der Waals surface area contributed by atoms with Crippen LogP contribution in [-0.2, 0) is 0 Å². The van der Waals surface area contributed by atoms with Crippen molar-refractivity contribution >= 4 is 38.5 Å². The summed E-state index contributed by atoms with van der Waals surface area (Å²) in [6, 6.07) is 4.57. The number of nitrogens with one attached hydrogen (secondary N) is 1. The molecule has 0 aliphatic carbocycles. The van der Waals surface area contributed by atoms with E-state index in [2.05, 4.69) is 31.0 Å². The number of nitrogens with zero attached hydrogens (tertiary/aromatic N) is 1. The fourth-order valence-electron chi connectivity index (χ4n) is 1.61. The SMILES string of the molecule is CC1CCSC(Nc2ccc(OC(F)(F)F)c(Br)c2)=N1. The predicted molar refractivity (Wildman–Crippen MR) is 78.4 cm³/mol. The van der Waals surface area contributed by atoms with Crippen molar-refractivity contribution in [3.05, 3.63) is 22.7 Å². The van der Waals surface area contributed by atoms with Gasteiger partial charge in [0.15, 0.2) is 5.17 Å². The topological polar surface area (TPSA) is 33.6 Å². The molecule has 0 aromatic heterocycles. The highest BCUT2D eigenvalue weighted by molar-refractivity contribution is 9.10. The van der Waals surface area contributed by atoms with Gasteiger partial charge in [0.2, 0.25) is 0 Å². The Balaban J connectivity index is 2.09. The number of halogens is 4. The quantitative estimate of drug-likeness (QED) is 0.825. The van der Waals surface area contributed by atoms with E-state index in [9.17, 15) is 13.2 Å². The van der Waals surface area contributed by atoms with Crippen LogP contribution in [0.2, 0.25) is 0 Å². The van der Waals surface area contributed by atoms with Gasteiger partial charge in [0.05, 0.1) is 10.5 Å². The van der Waals surface area contributed by atoms with Crippen LogP contribution in [-0.4, -0.2) is 23.3 Å². The van der Waals surface area contributed by atoms with Crippen molar-refractivity contribution < 1.29 is 17.9 Å². The van der Waals surface area contributed by atoms with Crippen LogP contribution in [0, 0.1) is 0 Å². The normalized spacial score (nSPS) is 19.4. The zero-order valence-electron chi connectivity index (χ0n) is 10.5. The Kier molecular flexibility index (Phi) is 4.85. The monoisotopic (exact) mass is 368 g/mol. The number of thioether (sulfide) groups is 1. The standard InChI is InChI=1S/C12H12BrF3N2OS/c1-7-4-5-20-11(17-7)18-8-2-3-10(9(13)6-8)19-12(14,15)16/h2-3,6-7H,4-5H2,1H3,(H,17,18). The molecule has 1 heterocycles. The van der Waals surface area contributed by atoms with E-state index in [1.807, 2.05) is 6.92 Å². The third-order valence-corrected chi connectivity index (χ3v) is 4.06. The summed E-state index contributed by atoms with van der Waals surface area (Å²) >= 11 is 4.66. The van der Waals surface area contributed by atoms with E-state index < -0.39 is 6.36 Å². The molecule has 0 fully saturated rings. The maximum absolute atomic E-state index is 12.2. The summed E-state index contributed by atoms with van der Waals surface area (Å²) < 4.78 is 40.6. The van der Waals surface area contributed by atoms with Crippen molar-refractivity contribution in [3.8, 4) is 5.75 Å². The summed E-state index contributed by atoms with van der Waals surface area (Å²) in [6.07, 6.45) is -3.67. The van der Waals surface area contributed by atoms with Crippen LogP contribution in [0.5, 0.6) is 5.75 Å². The third-order valence-electron chi connectivity index (χ3n) is 2.52. The Labute approximate surface area is 127 Å². The molecule has 1 N–H and O–H groups in total. The molecule has 1 aromatic carbocycles. The van der Waals surface area contributed by atoms with Crippen LogP contribution in [0.15, 0.2) is 27.7 Å². The average Bonchev–Trinajstić information content (AvgIpc) is 2.31. The fourth-order valence-corrected chi connectivity index (χ4v) is 3.16. The van der Waals surface area contributed by atoms with Crippen LogP contribution in [0.3, 0.4) is 0 Å². The van der Waals surface area contributed by atoms with Gasteiger partial charge in [-0.05, 0) is 47.5 Å². The minimum Gasteiger partial charge on any atom is -0.405 e. The lowest BCUT2D eigenvalue weighted by Crippen LogP contribution is -2.18. The second-order valence-electron chi connectivity index (χ2n) is 4.24. The van der Waals surface area contributed by atoms with E-state index in [0.29, 0.717) is 5.69 Å². The van der Waals surface area contributed by atoms with E-state index in [0.717, 1.165) is 17.3 Å². The summed E-state index contributed by atoms with van der Waals surface area (Å²) in [6.45, 7) is 2.03. The van der Waals surface area contributed by atoms with Gasteiger partial charge in [0.25, 0.3) is 0 Å². The van der Waals surface area contributed by atoms with E-state index in [4.69, 9.17) is 0 Å². The first kappa shape index (κ1) is 15.5. The molecule has 1 aliphatic heterocycles. The summed E-state index contributed by atoms with van der Waals surface area (Å²) in [7, 11) is 0. The zero-order valence-corrected chi connectivity index (χ0v) is 12.9. The third kappa shape index (κ3) is 4.59. The number of rotatable bonds is 2. The lowest BCUT2D eigenvalue weighted by atomic mass is 10.3. The Bertz CT molecular complexity index is 522. The van der Waals surface area contributed by atoms with Crippen LogP contribution < -0.4 is 10.1 Å². The van der Waals surface area contributed by atoms with E-state index in [1.54, 1.807) is 11.8 Å². The largest absolute Gasteiger partial charge is 0.573 e. The second kappa shape index (κ2) is 6.26. The Morgan fingerprint density at radius 3 is 2.80 bits per heavy atom. The molecule has 1 aromatic rings. The Hall–Kier alpha value is -0.890. The Morgan fingerprint density at radius 2 is 2.20 bits per heavy atom. The summed E-state index contributed by atoms with van der Waals surface area (Å²) in [5.41, 5.74) is 0.659. The van der Waals surface area contributed by atoms with Crippen LogP contribution >= 0.6 is 27.7 Å². The number of ether oxygens (including phenoxy) is 1. The molecule has 0 bridgehead atoms. The van der Waals surface area contributed by atoms with Crippen molar-refractivity contribution in [3.63, 3.8) is 0 Å². The minimum atomic E-state index is -4.70. The number of hydrogen-bond acceptors (Lipinski definition) is 4. The molecule has 20 heavy (non-hydrogen) atoms. The van der Waals surface area contributed by atoms with E-state index in [1.165, 1.54) is 18.2 Å². The van der Waals surface area contributed by atoms with Gasteiger partial charge in [-0.1, -0.05) is 11.8 Å². The first-order valence-electron chi connectivity index (χ1n) is 5.86. The predicted octanol–water partition coefficient (Wildman–Crippen LogP) is 4.64. The highest BCUT2D eigenvalue weighted by Crippen LogP contribution is 2.33. The van der Waals surface area contributed by atoms with Gasteiger partial charge in [-0.3, -0.25) is 4.99 Å². The number of aliphatic imine (C=N–C) groups is 1. The molecule has 0 spiro atoms. The van der Waals surface area contributed by atoms with E-state index >= 15 is 0 Å². The van der Waals surface area contributed by atoms with Gasteiger partial charge in [0.1, 0.15) is 5.75 Å². The van der Waals surface area contributed by atoms with Gasteiger partial charge >= 0.3 is 6.36 Å². The van der Waals surface area contributed by atoms with Crippen LogP contribution in [0.25, 0.3) is 0 Å². The molecule has 1 aliphatic rings. The molecule has 1 atom stereocenters. The molecule has 1 unspecified atom stereocenters. The van der Waals surface area contributed by atoms with Crippen molar-refractivity contribution in [2.24, 2.45) is 4.99 Å². The van der Waals surface area contributed by atoms with Crippen LogP contribution in [0.1, 0.15) is 13.3 Å². The maximum Gasteiger partial charge on any atom is 0.573 e. The number of benzene rings is 1. The molecular formula is C12H12BrF3N2OS. The van der Waals surface area contributed by atoms with Crippen molar-refractivity contribution in [2.75, 3.05) is 11.1 Å². The first-order chi connectivity index (χ1) is 9.33. The molecule has 0 radical (unpaired) electrons. The highest BCUT2D eigenvalue weighted by atomic mass is 79.9. The number of amidine groups is 1.